The predicted molar refractivity (Wildman–Crippen MR) is 106 cm³/mol. The Morgan fingerprint density at radius 3 is 2.59 bits per heavy atom. The first-order valence-corrected chi connectivity index (χ1v) is 9.31. The molecule has 2 aromatic rings. The first kappa shape index (κ1) is 18.9. The zero-order valence-electron chi connectivity index (χ0n) is 15.8. The molecule has 0 bridgehead atoms. The average Bonchev–Trinajstić information content (AvgIpc) is 2.79. The van der Waals surface area contributed by atoms with Gasteiger partial charge in [-0.05, 0) is 47.6 Å². The van der Waals surface area contributed by atoms with Crippen molar-refractivity contribution in [3.05, 3.63) is 59.2 Å². The molecule has 5 nitrogen and oxygen atoms in total. The molecule has 3 rings (SSSR count). The lowest BCUT2D eigenvalue weighted by atomic mass is 10.0. The first-order valence-electron chi connectivity index (χ1n) is 9.31. The number of aliphatic carboxylic acids is 1. The van der Waals surface area contributed by atoms with E-state index in [2.05, 4.69) is 40.6 Å². The molecule has 0 saturated heterocycles. The second-order valence-corrected chi connectivity index (χ2v) is 7.28. The van der Waals surface area contributed by atoms with Crippen LogP contribution in [0, 0.1) is 17.2 Å². The highest BCUT2D eigenvalue weighted by Gasteiger charge is 2.22. The van der Waals surface area contributed by atoms with E-state index in [0.717, 1.165) is 29.8 Å². The Balaban J connectivity index is 1.87. The van der Waals surface area contributed by atoms with Gasteiger partial charge in [-0.15, -0.1) is 0 Å². The van der Waals surface area contributed by atoms with Crippen molar-refractivity contribution in [1.82, 2.24) is 5.32 Å². The maximum absolute atomic E-state index is 11.4. The molecule has 0 radical (unpaired) electrons. The number of fused-ring (bicyclic) bond motifs is 2. The summed E-state index contributed by atoms with van der Waals surface area (Å²) in [6, 6.07) is 16.1. The van der Waals surface area contributed by atoms with Gasteiger partial charge >= 0.3 is 5.97 Å². The lowest BCUT2D eigenvalue weighted by Gasteiger charge is -2.24. The van der Waals surface area contributed by atoms with Crippen molar-refractivity contribution < 1.29 is 9.90 Å². The smallest absolute Gasteiger partial charge is 0.320 e. The summed E-state index contributed by atoms with van der Waals surface area (Å²) in [5.74, 6) is -0.806. The van der Waals surface area contributed by atoms with Gasteiger partial charge in [-0.25, -0.2) is 0 Å². The van der Waals surface area contributed by atoms with Crippen LogP contribution in [0.4, 0.5) is 11.4 Å². The van der Waals surface area contributed by atoms with Crippen molar-refractivity contribution in [3.8, 4) is 6.07 Å². The highest BCUT2D eigenvalue weighted by Crippen LogP contribution is 2.36. The molecule has 2 aromatic carbocycles. The van der Waals surface area contributed by atoms with Crippen LogP contribution >= 0.6 is 0 Å². The zero-order chi connectivity index (χ0) is 19.4. The molecule has 0 aromatic heterocycles. The minimum atomic E-state index is -0.824. The summed E-state index contributed by atoms with van der Waals surface area (Å²) in [6.07, 6.45) is 1.82. The number of nitrogens with zero attached hydrogens (tertiary/aromatic N) is 2. The molecule has 140 valence electrons. The summed E-state index contributed by atoms with van der Waals surface area (Å²) in [5, 5.41) is 21.8. The molecule has 0 aliphatic carbocycles. The molecule has 1 unspecified atom stereocenters. The van der Waals surface area contributed by atoms with Crippen molar-refractivity contribution >= 4 is 17.3 Å². The van der Waals surface area contributed by atoms with E-state index in [4.69, 9.17) is 0 Å². The quantitative estimate of drug-likeness (QED) is 0.766. The number of para-hydroxylation sites is 1. The van der Waals surface area contributed by atoms with E-state index in [0.29, 0.717) is 13.1 Å². The number of anilines is 2. The van der Waals surface area contributed by atoms with E-state index in [1.807, 2.05) is 32.0 Å². The van der Waals surface area contributed by atoms with E-state index in [1.54, 1.807) is 0 Å². The van der Waals surface area contributed by atoms with E-state index >= 15 is 0 Å². The molecule has 5 heteroatoms. The van der Waals surface area contributed by atoms with Crippen LogP contribution in [0.25, 0.3) is 0 Å². The van der Waals surface area contributed by atoms with Crippen molar-refractivity contribution in [1.29, 1.82) is 5.26 Å². The third kappa shape index (κ3) is 4.12. The number of rotatable bonds is 6. The van der Waals surface area contributed by atoms with Gasteiger partial charge in [0.15, 0.2) is 0 Å². The van der Waals surface area contributed by atoms with Gasteiger partial charge in [-0.1, -0.05) is 44.2 Å². The molecular weight excluding hydrogens is 338 g/mol. The standard InChI is InChI=1S/C22H25N3O2/c1-15(2)21(22(26)27)24-14-16-7-10-20-18(13-16)9-8-17-5-3-4-6-19(17)25(20)12-11-23/h3-7,10,13,15,21,24H,8-9,12,14H2,1-2H3,(H,26,27). The Hall–Kier alpha value is -2.84. The SMILES string of the molecule is CC(C)C(NCc1ccc2c(c1)CCc1ccccc1N2CC#N)C(=O)O. The van der Waals surface area contributed by atoms with Crippen LogP contribution in [0.15, 0.2) is 42.5 Å². The van der Waals surface area contributed by atoms with Crippen LogP contribution in [-0.2, 0) is 24.2 Å². The van der Waals surface area contributed by atoms with E-state index in [-0.39, 0.29) is 5.92 Å². The number of carbonyl (C=O) groups is 1. The van der Waals surface area contributed by atoms with E-state index < -0.39 is 12.0 Å². The minimum Gasteiger partial charge on any atom is -0.480 e. The Morgan fingerprint density at radius 2 is 1.89 bits per heavy atom. The fourth-order valence-corrected chi connectivity index (χ4v) is 3.67. The molecule has 0 fully saturated rings. The lowest BCUT2D eigenvalue weighted by molar-refractivity contribution is -0.140. The normalized spacial score (nSPS) is 14.1. The number of aryl methyl sites for hydroxylation is 2. The van der Waals surface area contributed by atoms with Gasteiger partial charge in [-0.2, -0.15) is 5.26 Å². The summed E-state index contributed by atoms with van der Waals surface area (Å²) in [7, 11) is 0. The molecule has 1 atom stereocenters. The first-order chi connectivity index (χ1) is 13.0. The number of nitrogens with one attached hydrogen (secondary N) is 1. The van der Waals surface area contributed by atoms with Gasteiger partial charge in [0.25, 0.3) is 0 Å². The van der Waals surface area contributed by atoms with E-state index in [1.165, 1.54) is 11.1 Å². The maximum atomic E-state index is 11.4. The third-order valence-corrected chi connectivity index (χ3v) is 5.07. The van der Waals surface area contributed by atoms with Crippen LogP contribution in [0.5, 0.6) is 0 Å². The minimum absolute atomic E-state index is 0.0175. The monoisotopic (exact) mass is 363 g/mol. The van der Waals surface area contributed by atoms with Crippen LogP contribution in [0.2, 0.25) is 0 Å². The molecule has 0 amide bonds. The van der Waals surface area contributed by atoms with Crippen LogP contribution < -0.4 is 10.2 Å². The molecular formula is C22H25N3O2. The Kier molecular flexibility index (Phi) is 5.78. The molecule has 0 saturated carbocycles. The number of carboxylic acid groups (broad SMARTS) is 1. The summed E-state index contributed by atoms with van der Waals surface area (Å²) in [6.45, 7) is 4.61. The zero-order valence-corrected chi connectivity index (χ0v) is 15.8. The van der Waals surface area contributed by atoms with Gasteiger partial charge in [0.05, 0.1) is 6.07 Å². The highest BCUT2D eigenvalue weighted by molar-refractivity contribution is 5.74. The van der Waals surface area contributed by atoms with Gasteiger partial charge < -0.3 is 15.3 Å². The molecule has 1 aliphatic heterocycles. The fourth-order valence-electron chi connectivity index (χ4n) is 3.67. The predicted octanol–water partition coefficient (Wildman–Crippen LogP) is 3.65. The third-order valence-electron chi connectivity index (χ3n) is 5.07. The maximum Gasteiger partial charge on any atom is 0.320 e. The van der Waals surface area contributed by atoms with Gasteiger partial charge in [0.1, 0.15) is 12.6 Å². The van der Waals surface area contributed by atoms with Crippen molar-refractivity contribution in [3.63, 3.8) is 0 Å². The molecule has 0 spiro atoms. The molecule has 27 heavy (non-hydrogen) atoms. The Morgan fingerprint density at radius 1 is 1.19 bits per heavy atom. The Bertz CT molecular complexity index is 870. The van der Waals surface area contributed by atoms with Crippen LogP contribution in [0.3, 0.4) is 0 Å². The largest absolute Gasteiger partial charge is 0.480 e. The number of hydrogen-bond acceptors (Lipinski definition) is 4. The molecule has 1 heterocycles. The number of hydrogen-bond donors (Lipinski definition) is 2. The van der Waals surface area contributed by atoms with Crippen molar-refractivity contribution in [2.24, 2.45) is 5.92 Å². The van der Waals surface area contributed by atoms with Crippen molar-refractivity contribution in [2.75, 3.05) is 11.4 Å². The number of carboxylic acids is 1. The summed E-state index contributed by atoms with van der Waals surface area (Å²) >= 11 is 0. The van der Waals surface area contributed by atoms with Gasteiger partial charge in [0.2, 0.25) is 0 Å². The highest BCUT2D eigenvalue weighted by atomic mass is 16.4. The molecule has 1 aliphatic rings. The second kappa shape index (κ2) is 8.24. The van der Waals surface area contributed by atoms with Crippen molar-refractivity contribution in [2.45, 2.75) is 39.3 Å². The van der Waals surface area contributed by atoms with Gasteiger partial charge in [-0.3, -0.25) is 4.79 Å². The lowest BCUT2D eigenvalue weighted by Crippen LogP contribution is -2.40. The number of benzene rings is 2. The summed E-state index contributed by atoms with van der Waals surface area (Å²) in [4.78, 5) is 13.5. The fraction of sp³-hybridized carbons (Fsp3) is 0.364. The molecule has 2 N–H and O–H groups in total. The van der Waals surface area contributed by atoms with Crippen LogP contribution in [0.1, 0.15) is 30.5 Å². The summed E-state index contributed by atoms with van der Waals surface area (Å²) < 4.78 is 0. The Labute approximate surface area is 160 Å². The summed E-state index contributed by atoms with van der Waals surface area (Å²) in [5.41, 5.74) is 5.65. The number of nitriles is 1. The second-order valence-electron chi connectivity index (χ2n) is 7.28. The topological polar surface area (TPSA) is 76.4 Å². The van der Waals surface area contributed by atoms with E-state index in [9.17, 15) is 15.2 Å². The van der Waals surface area contributed by atoms with Gasteiger partial charge in [0, 0.05) is 17.9 Å². The van der Waals surface area contributed by atoms with Crippen LogP contribution in [-0.4, -0.2) is 23.7 Å². The average molecular weight is 363 g/mol.